The van der Waals surface area contributed by atoms with E-state index in [1.807, 2.05) is 17.5 Å². The molecule has 98 valence electrons. The van der Waals surface area contributed by atoms with Gasteiger partial charge in [-0.15, -0.1) is 22.9 Å². The molecular formula is C13H9ClF2N2S. The molecule has 6 heteroatoms. The Hall–Kier alpha value is -1.46. The van der Waals surface area contributed by atoms with E-state index in [2.05, 4.69) is 4.98 Å². The van der Waals surface area contributed by atoms with Gasteiger partial charge in [-0.05, 0) is 17.5 Å². The number of halogens is 3. The molecule has 3 aromatic rings. The first-order chi connectivity index (χ1) is 9.19. The van der Waals surface area contributed by atoms with Crippen LogP contribution in [0.2, 0.25) is 0 Å². The van der Waals surface area contributed by atoms with Crippen molar-refractivity contribution in [3.63, 3.8) is 0 Å². The Morgan fingerprint density at radius 2 is 2.16 bits per heavy atom. The zero-order valence-electron chi connectivity index (χ0n) is 9.74. The third-order valence-electron chi connectivity index (χ3n) is 2.86. The molecule has 0 radical (unpaired) electrons. The minimum Gasteiger partial charge on any atom is -0.321 e. The molecule has 0 atom stereocenters. The standard InChI is InChI=1S/C13H9ClF2N2S/c14-6-12-17-13-10(16)4-8(15)5-11(13)18(12)7-9-2-1-3-19-9/h1-5H,6-7H2. The quantitative estimate of drug-likeness (QED) is 0.664. The minimum absolute atomic E-state index is 0.154. The Kier molecular flexibility index (Phi) is 3.24. The van der Waals surface area contributed by atoms with Gasteiger partial charge in [0.2, 0.25) is 0 Å². The second-order valence-electron chi connectivity index (χ2n) is 4.08. The molecule has 0 aliphatic heterocycles. The maximum Gasteiger partial charge on any atom is 0.153 e. The number of thiophene rings is 1. The van der Waals surface area contributed by atoms with Crippen molar-refractivity contribution in [3.8, 4) is 0 Å². The molecule has 0 unspecified atom stereocenters. The van der Waals surface area contributed by atoms with Crippen molar-refractivity contribution >= 4 is 34.0 Å². The third kappa shape index (κ3) is 2.24. The van der Waals surface area contributed by atoms with Crippen molar-refractivity contribution in [2.75, 3.05) is 0 Å². The smallest absolute Gasteiger partial charge is 0.153 e. The zero-order chi connectivity index (χ0) is 13.4. The van der Waals surface area contributed by atoms with E-state index in [9.17, 15) is 8.78 Å². The molecule has 0 amide bonds. The van der Waals surface area contributed by atoms with Crippen LogP contribution in [-0.2, 0) is 12.4 Å². The fourth-order valence-corrected chi connectivity index (χ4v) is 2.93. The molecule has 0 saturated carbocycles. The minimum atomic E-state index is -0.661. The van der Waals surface area contributed by atoms with Gasteiger partial charge in [-0.1, -0.05) is 6.07 Å². The monoisotopic (exact) mass is 298 g/mol. The number of alkyl halides is 1. The van der Waals surface area contributed by atoms with Crippen LogP contribution in [0, 0.1) is 11.6 Å². The third-order valence-corrected chi connectivity index (χ3v) is 3.97. The predicted octanol–water partition coefficient (Wildman–Crippen LogP) is 4.16. The van der Waals surface area contributed by atoms with Crippen LogP contribution in [0.1, 0.15) is 10.7 Å². The maximum absolute atomic E-state index is 13.7. The van der Waals surface area contributed by atoms with Crippen LogP contribution >= 0.6 is 22.9 Å². The molecule has 0 aliphatic carbocycles. The summed E-state index contributed by atoms with van der Waals surface area (Å²) in [7, 11) is 0. The first-order valence-electron chi connectivity index (χ1n) is 5.61. The lowest BCUT2D eigenvalue weighted by Gasteiger charge is -2.06. The highest BCUT2D eigenvalue weighted by atomic mass is 35.5. The van der Waals surface area contributed by atoms with Gasteiger partial charge in [0.25, 0.3) is 0 Å². The largest absolute Gasteiger partial charge is 0.321 e. The molecule has 0 fully saturated rings. The second-order valence-corrected chi connectivity index (χ2v) is 5.38. The van der Waals surface area contributed by atoms with Crippen molar-refractivity contribution in [1.82, 2.24) is 9.55 Å². The van der Waals surface area contributed by atoms with Crippen LogP contribution in [0.3, 0.4) is 0 Å². The number of fused-ring (bicyclic) bond motifs is 1. The number of hydrogen-bond acceptors (Lipinski definition) is 2. The van der Waals surface area contributed by atoms with Crippen LogP contribution in [0.4, 0.5) is 8.78 Å². The molecule has 2 nitrogen and oxygen atoms in total. The van der Waals surface area contributed by atoms with E-state index in [4.69, 9.17) is 11.6 Å². The van der Waals surface area contributed by atoms with Gasteiger partial charge in [-0.25, -0.2) is 13.8 Å². The summed E-state index contributed by atoms with van der Waals surface area (Å²) >= 11 is 7.42. The van der Waals surface area contributed by atoms with Gasteiger partial charge >= 0.3 is 0 Å². The van der Waals surface area contributed by atoms with Gasteiger partial charge in [0.05, 0.1) is 17.9 Å². The molecule has 0 saturated heterocycles. The highest BCUT2D eigenvalue weighted by Gasteiger charge is 2.15. The van der Waals surface area contributed by atoms with Gasteiger partial charge in [-0.3, -0.25) is 0 Å². The van der Waals surface area contributed by atoms with Gasteiger partial charge in [0, 0.05) is 10.9 Å². The molecular weight excluding hydrogens is 290 g/mol. The Labute approximate surface area is 117 Å². The average Bonchev–Trinajstić information content (AvgIpc) is 2.99. The summed E-state index contributed by atoms with van der Waals surface area (Å²) in [6.07, 6.45) is 0. The lowest BCUT2D eigenvalue weighted by molar-refractivity contribution is 0.590. The summed E-state index contributed by atoms with van der Waals surface area (Å²) in [5.41, 5.74) is 0.593. The van der Waals surface area contributed by atoms with Crippen molar-refractivity contribution in [1.29, 1.82) is 0 Å². The van der Waals surface area contributed by atoms with Crippen LogP contribution in [0.15, 0.2) is 29.6 Å². The van der Waals surface area contributed by atoms with E-state index in [-0.39, 0.29) is 11.4 Å². The summed E-state index contributed by atoms with van der Waals surface area (Å²) in [5.74, 6) is -0.583. The number of rotatable bonds is 3. The molecule has 19 heavy (non-hydrogen) atoms. The topological polar surface area (TPSA) is 17.8 Å². The lowest BCUT2D eigenvalue weighted by Crippen LogP contribution is -2.02. The van der Waals surface area contributed by atoms with E-state index in [1.165, 1.54) is 6.07 Å². The SMILES string of the molecule is Fc1cc(F)c2nc(CCl)n(Cc3cccs3)c2c1. The van der Waals surface area contributed by atoms with E-state index in [1.54, 1.807) is 15.9 Å². The Morgan fingerprint density at radius 3 is 2.84 bits per heavy atom. The molecule has 2 heterocycles. The van der Waals surface area contributed by atoms with Gasteiger partial charge < -0.3 is 4.57 Å². The molecule has 3 rings (SSSR count). The number of imidazole rings is 1. The first kappa shape index (κ1) is 12.6. The van der Waals surface area contributed by atoms with Crippen LogP contribution in [-0.4, -0.2) is 9.55 Å². The Morgan fingerprint density at radius 1 is 1.32 bits per heavy atom. The molecule has 0 N–H and O–H groups in total. The highest BCUT2D eigenvalue weighted by molar-refractivity contribution is 7.09. The van der Waals surface area contributed by atoms with Crippen LogP contribution in [0.5, 0.6) is 0 Å². The number of hydrogen-bond donors (Lipinski definition) is 0. The second kappa shape index (κ2) is 4.90. The summed E-state index contributed by atoms with van der Waals surface area (Å²) in [6, 6.07) is 6.02. The van der Waals surface area contributed by atoms with Crippen molar-refractivity contribution in [2.45, 2.75) is 12.4 Å². The summed E-state index contributed by atoms with van der Waals surface area (Å²) in [5, 5.41) is 1.95. The van der Waals surface area contributed by atoms with Gasteiger partial charge in [-0.2, -0.15) is 0 Å². The molecule has 0 bridgehead atoms. The molecule has 1 aromatic carbocycles. The van der Waals surface area contributed by atoms with Gasteiger partial charge in [0.1, 0.15) is 17.2 Å². The zero-order valence-corrected chi connectivity index (χ0v) is 11.3. The molecule has 0 spiro atoms. The van der Waals surface area contributed by atoms with E-state index in [0.29, 0.717) is 17.9 Å². The van der Waals surface area contributed by atoms with Crippen molar-refractivity contribution in [2.24, 2.45) is 0 Å². The highest BCUT2D eigenvalue weighted by Crippen LogP contribution is 2.24. The normalized spacial score (nSPS) is 11.3. The first-order valence-corrected chi connectivity index (χ1v) is 7.03. The van der Waals surface area contributed by atoms with Crippen LogP contribution in [0.25, 0.3) is 11.0 Å². The number of aromatic nitrogens is 2. The molecule has 0 aliphatic rings. The molecule has 2 aromatic heterocycles. The predicted molar refractivity (Wildman–Crippen MR) is 72.6 cm³/mol. The Bertz CT molecular complexity index is 722. The Balaban J connectivity index is 2.20. The van der Waals surface area contributed by atoms with Crippen molar-refractivity contribution < 1.29 is 8.78 Å². The average molecular weight is 299 g/mol. The summed E-state index contributed by atoms with van der Waals surface area (Å²) in [4.78, 5) is 5.23. The fourth-order valence-electron chi connectivity index (χ4n) is 2.03. The van der Waals surface area contributed by atoms with Gasteiger partial charge in [0.15, 0.2) is 5.82 Å². The fraction of sp³-hybridized carbons (Fsp3) is 0.154. The van der Waals surface area contributed by atoms with E-state index in [0.717, 1.165) is 10.9 Å². The number of benzene rings is 1. The summed E-state index contributed by atoms with van der Waals surface area (Å²) < 4.78 is 28.8. The summed E-state index contributed by atoms with van der Waals surface area (Å²) in [6.45, 7) is 0.513. The van der Waals surface area contributed by atoms with Crippen molar-refractivity contribution in [3.05, 3.63) is 52.0 Å². The number of nitrogens with zero attached hydrogens (tertiary/aromatic N) is 2. The van der Waals surface area contributed by atoms with E-state index >= 15 is 0 Å². The van der Waals surface area contributed by atoms with E-state index < -0.39 is 11.6 Å². The lowest BCUT2D eigenvalue weighted by atomic mass is 10.3. The van der Waals surface area contributed by atoms with Crippen LogP contribution < -0.4 is 0 Å². The maximum atomic E-state index is 13.7.